The van der Waals surface area contributed by atoms with Crippen LogP contribution in [0.5, 0.6) is 0 Å². The lowest BCUT2D eigenvalue weighted by Gasteiger charge is -2.10. The Balaban J connectivity index is 2.00. The maximum absolute atomic E-state index is 5.20. The second kappa shape index (κ2) is 4.73. The third-order valence-corrected chi connectivity index (χ3v) is 3.13. The van der Waals surface area contributed by atoms with Crippen LogP contribution in [0.25, 0.3) is 0 Å². The molecule has 2 heterocycles. The van der Waals surface area contributed by atoms with Crippen LogP contribution in [0.15, 0.2) is 16.9 Å². The fourth-order valence-electron chi connectivity index (χ4n) is 2.25. The summed E-state index contributed by atoms with van der Waals surface area (Å²) in [6.07, 6.45) is 5.00. The van der Waals surface area contributed by atoms with Crippen LogP contribution in [0.1, 0.15) is 41.8 Å². The second-order valence-corrected chi connectivity index (χ2v) is 4.71. The van der Waals surface area contributed by atoms with Gasteiger partial charge in [-0.2, -0.15) is 5.10 Å². The van der Waals surface area contributed by atoms with Gasteiger partial charge in [0.15, 0.2) is 0 Å². The SMILES string of the molecule is Cc1cnn(CCC(C)c2c(C)noc2C)c1. The van der Waals surface area contributed by atoms with Crippen molar-refractivity contribution in [3.63, 3.8) is 0 Å². The van der Waals surface area contributed by atoms with E-state index < -0.39 is 0 Å². The molecule has 0 N–H and O–H groups in total. The van der Waals surface area contributed by atoms with Crippen molar-refractivity contribution in [1.82, 2.24) is 14.9 Å². The van der Waals surface area contributed by atoms with Crippen LogP contribution in [-0.2, 0) is 6.54 Å². The van der Waals surface area contributed by atoms with E-state index in [1.54, 1.807) is 0 Å². The van der Waals surface area contributed by atoms with Gasteiger partial charge in [0.25, 0.3) is 0 Å². The van der Waals surface area contributed by atoms with Crippen molar-refractivity contribution in [2.45, 2.75) is 46.6 Å². The van der Waals surface area contributed by atoms with E-state index in [9.17, 15) is 0 Å². The number of hydrogen-bond acceptors (Lipinski definition) is 3. The number of rotatable bonds is 4. The first-order valence-corrected chi connectivity index (χ1v) is 5.99. The van der Waals surface area contributed by atoms with Crippen molar-refractivity contribution in [2.24, 2.45) is 0 Å². The van der Waals surface area contributed by atoms with Crippen LogP contribution in [-0.4, -0.2) is 14.9 Å². The molecule has 0 saturated carbocycles. The lowest BCUT2D eigenvalue weighted by atomic mass is 9.96. The topological polar surface area (TPSA) is 43.9 Å². The summed E-state index contributed by atoms with van der Waals surface area (Å²) in [5, 5.41) is 8.29. The van der Waals surface area contributed by atoms with Gasteiger partial charge in [-0.05, 0) is 38.7 Å². The highest BCUT2D eigenvalue weighted by atomic mass is 16.5. The molecule has 0 bridgehead atoms. The van der Waals surface area contributed by atoms with Crippen LogP contribution in [0.4, 0.5) is 0 Å². The van der Waals surface area contributed by atoms with E-state index in [4.69, 9.17) is 4.52 Å². The van der Waals surface area contributed by atoms with Crippen molar-refractivity contribution in [1.29, 1.82) is 0 Å². The highest BCUT2D eigenvalue weighted by Gasteiger charge is 2.16. The molecule has 92 valence electrons. The molecule has 0 spiro atoms. The minimum Gasteiger partial charge on any atom is -0.361 e. The molecule has 17 heavy (non-hydrogen) atoms. The zero-order valence-electron chi connectivity index (χ0n) is 10.9. The molecule has 0 saturated heterocycles. The number of hydrogen-bond donors (Lipinski definition) is 0. The molecular weight excluding hydrogens is 214 g/mol. The van der Waals surface area contributed by atoms with E-state index in [-0.39, 0.29) is 0 Å². The Bertz CT molecular complexity index is 479. The first-order valence-electron chi connectivity index (χ1n) is 5.99. The third kappa shape index (κ3) is 2.57. The Kier molecular flexibility index (Phi) is 3.31. The van der Waals surface area contributed by atoms with E-state index in [2.05, 4.69) is 30.3 Å². The maximum atomic E-state index is 5.20. The van der Waals surface area contributed by atoms with E-state index >= 15 is 0 Å². The molecule has 2 aromatic rings. The molecule has 0 aliphatic heterocycles. The predicted octanol–water partition coefficient (Wildman–Crippen LogP) is 2.99. The summed E-state index contributed by atoms with van der Waals surface area (Å²) in [6.45, 7) is 9.17. The monoisotopic (exact) mass is 233 g/mol. The van der Waals surface area contributed by atoms with Gasteiger partial charge in [-0.3, -0.25) is 4.68 Å². The minimum atomic E-state index is 0.450. The molecule has 0 aliphatic rings. The summed E-state index contributed by atoms with van der Waals surface area (Å²) in [7, 11) is 0. The lowest BCUT2D eigenvalue weighted by Crippen LogP contribution is -2.04. The molecule has 1 unspecified atom stereocenters. The Labute approximate surface area is 102 Å². The van der Waals surface area contributed by atoms with E-state index in [1.165, 1.54) is 11.1 Å². The zero-order chi connectivity index (χ0) is 12.4. The molecule has 0 aliphatic carbocycles. The second-order valence-electron chi connectivity index (χ2n) is 4.71. The first-order chi connectivity index (χ1) is 8.08. The van der Waals surface area contributed by atoms with Crippen LogP contribution < -0.4 is 0 Å². The van der Waals surface area contributed by atoms with Crippen molar-refractivity contribution in [3.8, 4) is 0 Å². The highest BCUT2D eigenvalue weighted by Crippen LogP contribution is 2.26. The molecular formula is C13H19N3O. The normalized spacial score (nSPS) is 12.9. The Morgan fingerprint density at radius 2 is 2.12 bits per heavy atom. The molecule has 0 amide bonds. The average molecular weight is 233 g/mol. The van der Waals surface area contributed by atoms with Gasteiger partial charge in [0.05, 0.1) is 11.9 Å². The lowest BCUT2D eigenvalue weighted by molar-refractivity contribution is 0.391. The summed E-state index contributed by atoms with van der Waals surface area (Å²) in [4.78, 5) is 0. The quantitative estimate of drug-likeness (QED) is 0.815. The van der Waals surface area contributed by atoms with Gasteiger partial charge in [-0.15, -0.1) is 0 Å². The van der Waals surface area contributed by atoms with Crippen molar-refractivity contribution in [2.75, 3.05) is 0 Å². The van der Waals surface area contributed by atoms with Gasteiger partial charge >= 0.3 is 0 Å². The number of aromatic nitrogens is 3. The first kappa shape index (κ1) is 11.9. The average Bonchev–Trinajstić information content (AvgIpc) is 2.83. The highest BCUT2D eigenvalue weighted by molar-refractivity contribution is 5.24. The van der Waals surface area contributed by atoms with E-state index in [1.807, 2.05) is 24.7 Å². The fourth-order valence-corrected chi connectivity index (χ4v) is 2.25. The molecule has 2 aromatic heterocycles. The fraction of sp³-hybridized carbons (Fsp3) is 0.538. The Hall–Kier alpha value is -1.58. The van der Waals surface area contributed by atoms with Crippen LogP contribution >= 0.6 is 0 Å². The summed E-state index contributed by atoms with van der Waals surface area (Å²) in [5.41, 5.74) is 3.45. The molecule has 1 atom stereocenters. The van der Waals surface area contributed by atoms with Crippen molar-refractivity contribution in [3.05, 3.63) is 35.0 Å². The molecule has 0 radical (unpaired) electrons. The molecule has 4 nitrogen and oxygen atoms in total. The van der Waals surface area contributed by atoms with Crippen LogP contribution in [0.3, 0.4) is 0 Å². The molecule has 0 fully saturated rings. The van der Waals surface area contributed by atoms with E-state index in [0.717, 1.165) is 24.4 Å². The molecule has 4 heteroatoms. The van der Waals surface area contributed by atoms with Gasteiger partial charge in [0.1, 0.15) is 5.76 Å². The van der Waals surface area contributed by atoms with Crippen LogP contribution in [0.2, 0.25) is 0 Å². The predicted molar refractivity (Wildman–Crippen MR) is 66.0 cm³/mol. The molecule has 0 aromatic carbocycles. The zero-order valence-corrected chi connectivity index (χ0v) is 10.9. The number of aryl methyl sites for hydroxylation is 4. The van der Waals surface area contributed by atoms with Gasteiger partial charge < -0.3 is 4.52 Å². The smallest absolute Gasteiger partial charge is 0.137 e. The Morgan fingerprint density at radius 1 is 1.35 bits per heavy atom. The summed E-state index contributed by atoms with van der Waals surface area (Å²) < 4.78 is 7.19. The standard InChI is InChI=1S/C13H19N3O/c1-9-7-14-16(8-9)6-5-10(2)13-11(3)15-17-12(13)4/h7-8,10H,5-6H2,1-4H3. The third-order valence-electron chi connectivity index (χ3n) is 3.13. The van der Waals surface area contributed by atoms with Gasteiger partial charge in [0.2, 0.25) is 0 Å². The maximum Gasteiger partial charge on any atom is 0.137 e. The van der Waals surface area contributed by atoms with Gasteiger partial charge in [0, 0.05) is 18.3 Å². The van der Waals surface area contributed by atoms with E-state index in [0.29, 0.717) is 5.92 Å². The van der Waals surface area contributed by atoms with Gasteiger partial charge in [-0.25, -0.2) is 0 Å². The Morgan fingerprint density at radius 3 is 2.65 bits per heavy atom. The van der Waals surface area contributed by atoms with Gasteiger partial charge in [-0.1, -0.05) is 12.1 Å². The van der Waals surface area contributed by atoms with Crippen molar-refractivity contribution >= 4 is 0 Å². The summed E-state index contributed by atoms with van der Waals surface area (Å²) in [5.74, 6) is 1.39. The summed E-state index contributed by atoms with van der Waals surface area (Å²) in [6, 6.07) is 0. The van der Waals surface area contributed by atoms with Crippen LogP contribution in [0, 0.1) is 20.8 Å². The van der Waals surface area contributed by atoms with Crippen molar-refractivity contribution < 1.29 is 4.52 Å². The summed E-state index contributed by atoms with van der Waals surface area (Å²) >= 11 is 0. The molecule has 2 rings (SSSR count). The number of nitrogens with zero attached hydrogens (tertiary/aromatic N) is 3. The minimum absolute atomic E-state index is 0.450. The largest absolute Gasteiger partial charge is 0.361 e.